The van der Waals surface area contributed by atoms with Gasteiger partial charge in [0.15, 0.2) is 0 Å². The van der Waals surface area contributed by atoms with Crippen molar-refractivity contribution in [1.29, 1.82) is 0 Å². The van der Waals surface area contributed by atoms with Crippen molar-refractivity contribution in [2.75, 3.05) is 26.7 Å². The molecule has 0 aromatic carbocycles. The second-order valence-electron chi connectivity index (χ2n) is 3.70. The summed E-state index contributed by atoms with van der Waals surface area (Å²) in [6.45, 7) is 4.95. The van der Waals surface area contributed by atoms with Gasteiger partial charge in [-0.2, -0.15) is 0 Å². The zero-order chi connectivity index (χ0) is 11.3. The Morgan fingerprint density at radius 3 is 2.87 bits per heavy atom. The van der Waals surface area contributed by atoms with E-state index in [-0.39, 0.29) is 6.04 Å². The van der Waals surface area contributed by atoms with Crippen molar-refractivity contribution in [2.24, 2.45) is 0 Å². The minimum atomic E-state index is -0.816. The van der Waals surface area contributed by atoms with E-state index in [2.05, 4.69) is 21.9 Å². The normalized spacial score (nSPS) is 22.1. The van der Waals surface area contributed by atoms with Crippen LogP contribution >= 0.6 is 0 Å². The molecule has 1 fully saturated rings. The molecule has 1 N–H and O–H groups in total. The van der Waals surface area contributed by atoms with Gasteiger partial charge in [0.1, 0.15) is 0 Å². The third-order valence-corrected chi connectivity index (χ3v) is 2.66. The standard InChI is InChI=1S/C10H18N2O3/c1-3-12-6-4-5-8(7-12)11-9(13)10(14)15-2/h8H,3-7H2,1-2H3,(H,11,13). The molecule has 0 radical (unpaired) electrons. The number of carbonyl (C=O) groups is 2. The van der Waals surface area contributed by atoms with Crippen molar-refractivity contribution < 1.29 is 14.3 Å². The summed E-state index contributed by atoms with van der Waals surface area (Å²) in [6, 6.07) is 0.0744. The van der Waals surface area contributed by atoms with Crippen LogP contribution in [0.1, 0.15) is 19.8 Å². The van der Waals surface area contributed by atoms with E-state index in [4.69, 9.17) is 0 Å². The van der Waals surface area contributed by atoms with Gasteiger partial charge >= 0.3 is 11.9 Å². The average molecular weight is 214 g/mol. The predicted molar refractivity (Wildman–Crippen MR) is 55.3 cm³/mol. The first-order chi connectivity index (χ1) is 7.17. The third-order valence-electron chi connectivity index (χ3n) is 2.66. The van der Waals surface area contributed by atoms with E-state index in [1.807, 2.05) is 0 Å². The summed E-state index contributed by atoms with van der Waals surface area (Å²) >= 11 is 0. The van der Waals surface area contributed by atoms with E-state index in [9.17, 15) is 9.59 Å². The maximum Gasteiger partial charge on any atom is 0.396 e. The molecule has 1 saturated heterocycles. The highest BCUT2D eigenvalue weighted by atomic mass is 16.5. The number of likely N-dealkylation sites (N-methyl/N-ethyl adjacent to an activating group) is 1. The van der Waals surface area contributed by atoms with Crippen LogP contribution in [0.4, 0.5) is 0 Å². The van der Waals surface area contributed by atoms with E-state index >= 15 is 0 Å². The molecule has 1 aliphatic rings. The second kappa shape index (κ2) is 5.70. The first-order valence-corrected chi connectivity index (χ1v) is 5.28. The molecule has 0 bridgehead atoms. The summed E-state index contributed by atoms with van der Waals surface area (Å²) in [5, 5.41) is 2.68. The van der Waals surface area contributed by atoms with E-state index in [1.165, 1.54) is 7.11 Å². The molecule has 5 nitrogen and oxygen atoms in total. The van der Waals surface area contributed by atoms with Crippen LogP contribution < -0.4 is 5.32 Å². The fraction of sp³-hybridized carbons (Fsp3) is 0.800. The molecule has 1 aliphatic heterocycles. The number of likely N-dealkylation sites (tertiary alicyclic amines) is 1. The predicted octanol–water partition coefficient (Wildman–Crippen LogP) is -0.240. The lowest BCUT2D eigenvalue weighted by Gasteiger charge is -2.31. The van der Waals surface area contributed by atoms with Gasteiger partial charge in [0.25, 0.3) is 0 Å². The van der Waals surface area contributed by atoms with Crippen LogP contribution in [-0.2, 0) is 14.3 Å². The second-order valence-corrected chi connectivity index (χ2v) is 3.70. The molecule has 1 unspecified atom stereocenters. The van der Waals surface area contributed by atoms with Gasteiger partial charge in [0.2, 0.25) is 0 Å². The Kier molecular flexibility index (Phi) is 4.55. The summed E-state index contributed by atoms with van der Waals surface area (Å²) < 4.78 is 4.34. The number of methoxy groups -OCH3 is 1. The molecule has 0 saturated carbocycles. The molecule has 1 amide bonds. The smallest absolute Gasteiger partial charge is 0.396 e. The number of amides is 1. The molecular weight excluding hydrogens is 196 g/mol. The van der Waals surface area contributed by atoms with E-state index in [1.54, 1.807) is 0 Å². The largest absolute Gasteiger partial charge is 0.462 e. The van der Waals surface area contributed by atoms with E-state index < -0.39 is 11.9 Å². The van der Waals surface area contributed by atoms with E-state index in [0.717, 1.165) is 32.5 Å². The summed E-state index contributed by atoms with van der Waals surface area (Å²) in [4.78, 5) is 24.4. The Labute approximate surface area is 89.8 Å². The van der Waals surface area contributed by atoms with Gasteiger partial charge in [-0.3, -0.25) is 4.79 Å². The van der Waals surface area contributed by atoms with Crippen molar-refractivity contribution in [1.82, 2.24) is 10.2 Å². The average Bonchev–Trinajstić information content (AvgIpc) is 2.28. The van der Waals surface area contributed by atoms with Crippen molar-refractivity contribution in [2.45, 2.75) is 25.8 Å². The Morgan fingerprint density at radius 1 is 1.53 bits per heavy atom. The van der Waals surface area contributed by atoms with Gasteiger partial charge < -0.3 is 15.0 Å². The van der Waals surface area contributed by atoms with Crippen molar-refractivity contribution in [3.05, 3.63) is 0 Å². The molecule has 1 heterocycles. The summed E-state index contributed by atoms with van der Waals surface area (Å²) in [5.74, 6) is -1.45. The number of piperidine rings is 1. The Bertz CT molecular complexity index is 243. The summed E-state index contributed by atoms with van der Waals surface area (Å²) in [6.07, 6.45) is 1.99. The monoisotopic (exact) mass is 214 g/mol. The third kappa shape index (κ3) is 3.51. The number of rotatable bonds is 2. The molecule has 86 valence electrons. The highest BCUT2D eigenvalue weighted by Crippen LogP contribution is 2.09. The van der Waals surface area contributed by atoms with Gasteiger partial charge in [-0.25, -0.2) is 4.79 Å². The first-order valence-electron chi connectivity index (χ1n) is 5.28. The molecule has 5 heteroatoms. The molecular formula is C10H18N2O3. The number of esters is 1. The lowest BCUT2D eigenvalue weighted by atomic mass is 10.1. The minimum Gasteiger partial charge on any atom is -0.462 e. The molecule has 0 aromatic heterocycles. The van der Waals surface area contributed by atoms with Crippen LogP contribution in [0.5, 0.6) is 0 Å². The lowest BCUT2D eigenvalue weighted by Crippen LogP contribution is -2.49. The van der Waals surface area contributed by atoms with Crippen LogP contribution in [0.3, 0.4) is 0 Å². The quantitative estimate of drug-likeness (QED) is 0.509. The fourth-order valence-electron chi connectivity index (χ4n) is 1.80. The maximum atomic E-state index is 11.2. The number of carbonyl (C=O) groups excluding carboxylic acids is 2. The molecule has 0 aromatic rings. The Hall–Kier alpha value is -1.10. The van der Waals surface area contributed by atoms with Crippen LogP contribution in [0.15, 0.2) is 0 Å². The zero-order valence-electron chi connectivity index (χ0n) is 9.28. The topological polar surface area (TPSA) is 58.6 Å². The highest BCUT2D eigenvalue weighted by Gasteiger charge is 2.23. The SMILES string of the molecule is CCN1CCCC(NC(=O)C(=O)OC)C1. The maximum absolute atomic E-state index is 11.2. The van der Waals surface area contributed by atoms with Gasteiger partial charge in [-0.1, -0.05) is 6.92 Å². The number of hydrogen-bond acceptors (Lipinski definition) is 4. The van der Waals surface area contributed by atoms with Gasteiger partial charge in [-0.15, -0.1) is 0 Å². The van der Waals surface area contributed by atoms with E-state index in [0.29, 0.717) is 0 Å². The van der Waals surface area contributed by atoms with Crippen LogP contribution in [-0.4, -0.2) is 49.6 Å². The minimum absolute atomic E-state index is 0.0744. The van der Waals surface area contributed by atoms with Crippen molar-refractivity contribution >= 4 is 11.9 Å². The van der Waals surface area contributed by atoms with Crippen LogP contribution in [0.25, 0.3) is 0 Å². The lowest BCUT2D eigenvalue weighted by molar-refractivity contribution is -0.153. The van der Waals surface area contributed by atoms with Gasteiger partial charge in [0, 0.05) is 12.6 Å². The zero-order valence-corrected chi connectivity index (χ0v) is 9.28. The number of nitrogens with one attached hydrogen (secondary N) is 1. The summed E-state index contributed by atoms with van der Waals surface area (Å²) in [5.41, 5.74) is 0. The molecule has 1 rings (SSSR count). The van der Waals surface area contributed by atoms with Gasteiger partial charge in [0.05, 0.1) is 7.11 Å². The van der Waals surface area contributed by atoms with Gasteiger partial charge in [-0.05, 0) is 25.9 Å². The molecule has 15 heavy (non-hydrogen) atoms. The molecule has 1 atom stereocenters. The first kappa shape index (κ1) is 12.0. The number of hydrogen-bond donors (Lipinski definition) is 1. The fourth-order valence-corrected chi connectivity index (χ4v) is 1.80. The Balaban J connectivity index is 2.37. The Morgan fingerprint density at radius 2 is 2.27 bits per heavy atom. The highest BCUT2D eigenvalue weighted by molar-refractivity contribution is 6.32. The van der Waals surface area contributed by atoms with Crippen LogP contribution in [0, 0.1) is 0 Å². The van der Waals surface area contributed by atoms with Crippen molar-refractivity contribution in [3.8, 4) is 0 Å². The number of ether oxygens (including phenoxy) is 1. The number of nitrogens with zero attached hydrogens (tertiary/aromatic N) is 1. The van der Waals surface area contributed by atoms with Crippen LogP contribution in [0.2, 0.25) is 0 Å². The summed E-state index contributed by atoms with van der Waals surface area (Å²) in [7, 11) is 1.21. The molecule has 0 aliphatic carbocycles. The van der Waals surface area contributed by atoms with Crippen molar-refractivity contribution in [3.63, 3.8) is 0 Å². The molecule has 0 spiro atoms.